The van der Waals surface area contributed by atoms with Crippen LogP contribution < -0.4 is 9.47 Å². The van der Waals surface area contributed by atoms with E-state index in [0.29, 0.717) is 5.02 Å². The number of halogens is 2. The maximum atomic E-state index is 10.3. The molecule has 0 saturated heterocycles. The van der Waals surface area contributed by atoms with E-state index in [4.69, 9.17) is 37.8 Å². The lowest BCUT2D eigenvalue weighted by atomic mass is 10.3. The summed E-state index contributed by atoms with van der Waals surface area (Å²) in [6.45, 7) is -0.479. The highest BCUT2D eigenvalue weighted by Crippen LogP contribution is 2.37. The number of methoxy groups -OCH3 is 1. The quantitative estimate of drug-likeness (QED) is 0.892. The van der Waals surface area contributed by atoms with Crippen molar-refractivity contribution in [3.63, 3.8) is 0 Å². The van der Waals surface area contributed by atoms with Crippen LogP contribution in [0.2, 0.25) is 10.0 Å². The Bertz CT molecular complexity index is 379. The van der Waals surface area contributed by atoms with Crippen LogP contribution in [0.5, 0.6) is 11.5 Å². The molecular weight excluding hydrogens is 243 g/mol. The molecule has 1 aromatic carbocycles. The normalized spacial score (nSPS) is 9.80. The molecule has 0 aliphatic carbocycles. The van der Waals surface area contributed by atoms with E-state index in [1.807, 2.05) is 0 Å². The van der Waals surface area contributed by atoms with Gasteiger partial charge in [0.05, 0.1) is 12.1 Å². The van der Waals surface area contributed by atoms with Gasteiger partial charge in [-0.3, -0.25) is 0 Å². The van der Waals surface area contributed by atoms with Crippen LogP contribution in [0.1, 0.15) is 0 Å². The van der Waals surface area contributed by atoms with Crippen LogP contribution >= 0.6 is 23.2 Å². The molecule has 0 aromatic heterocycles. The fourth-order valence-corrected chi connectivity index (χ4v) is 1.53. The maximum absolute atomic E-state index is 10.3. The summed E-state index contributed by atoms with van der Waals surface area (Å²) in [5.41, 5.74) is 0. The van der Waals surface area contributed by atoms with Crippen LogP contribution in [0.4, 0.5) is 0 Å². The average molecular weight is 251 g/mol. The Morgan fingerprint density at radius 2 is 2.13 bits per heavy atom. The lowest BCUT2D eigenvalue weighted by molar-refractivity contribution is -0.139. The molecule has 0 bridgehead atoms. The number of rotatable bonds is 4. The first-order chi connectivity index (χ1) is 7.04. The minimum atomic E-state index is -1.09. The molecule has 0 fully saturated rings. The molecule has 1 N–H and O–H groups in total. The van der Waals surface area contributed by atoms with Crippen molar-refractivity contribution in [3.8, 4) is 11.5 Å². The molecular formula is C9H8Cl2O4. The van der Waals surface area contributed by atoms with Gasteiger partial charge in [0.1, 0.15) is 0 Å². The molecule has 0 saturated carbocycles. The van der Waals surface area contributed by atoms with Crippen LogP contribution in [0.3, 0.4) is 0 Å². The zero-order valence-electron chi connectivity index (χ0n) is 7.79. The number of ether oxygens (including phenoxy) is 2. The van der Waals surface area contributed by atoms with Gasteiger partial charge in [-0.05, 0) is 6.07 Å². The molecule has 1 rings (SSSR count). The van der Waals surface area contributed by atoms with Crippen molar-refractivity contribution in [3.05, 3.63) is 22.2 Å². The van der Waals surface area contributed by atoms with Gasteiger partial charge in [-0.15, -0.1) is 0 Å². The zero-order valence-corrected chi connectivity index (χ0v) is 9.30. The van der Waals surface area contributed by atoms with Crippen LogP contribution in [0, 0.1) is 0 Å². The zero-order chi connectivity index (χ0) is 11.4. The van der Waals surface area contributed by atoms with Crippen LogP contribution in [0.15, 0.2) is 12.1 Å². The third-order valence-electron chi connectivity index (χ3n) is 1.53. The van der Waals surface area contributed by atoms with Gasteiger partial charge in [0.25, 0.3) is 0 Å². The Hall–Kier alpha value is -1.13. The van der Waals surface area contributed by atoms with Gasteiger partial charge in [0.15, 0.2) is 18.1 Å². The number of hydrogen-bond acceptors (Lipinski definition) is 3. The van der Waals surface area contributed by atoms with Crippen molar-refractivity contribution in [1.29, 1.82) is 0 Å². The summed E-state index contributed by atoms with van der Waals surface area (Å²) >= 11 is 11.5. The fraction of sp³-hybridized carbons (Fsp3) is 0.222. The Morgan fingerprint density at radius 1 is 1.47 bits per heavy atom. The number of carboxylic acid groups (broad SMARTS) is 1. The van der Waals surface area contributed by atoms with Gasteiger partial charge in [-0.1, -0.05) is 23.2 Å². The highest BCUT2D eigenvalue weighted by molar-refractivity contribution is 6.35. The summed E-state index contributed by atoms with van der Waals surface area (Å²) in [4.78, 5) is 10.3. The van der Waals surface area contributed by atoms with Gasteiger partial charge in [0, 0.05) is 11.1 Å². The first-order valence-corrected chi connectivity index (χ1v) is 4.68. The van der Waals surface area contributed by atoms with Crippen LogP contribution in [-0.4, -0.2) is 24.8 Å². The third kappa shape index (κ3) is 3.18. The molecule has 0 unspecified atom stereocenters. The molecule has 82 valence electrons. The third-order valence-corrected chi connectivity index (χ3v) is 2.03. The summed E-state index contributed by atoms with van der Waals surface area (Å²) in [6, 6.07) is 2.92. The highest BCUT2D eigenvalue weighted by Gasteiger charge is 2.12. The SMILES string of the molecule is COc1c(Cl)cc(Cl)cc1OCC(=O)O. The number of aliphatic carboxylic acids is 1. The smallest absolute Gasteiger partial charge is 0.341 e. The van der Waals surface area contributed by atoms with Gasteiger partial charge in [0.2, 0.25) is 0 Å². The van der Waals surface area contributed by atoms with Crippen molar-refractivity contribution in [2.24, 2.45) is 0 Å². The summed E-state index contributed by atoms with van der Waals surface area (Å²) < 4.78 is 9.91. The van der Waals surface area contributed by atoms with Crippen molar-refractivity contribution >= 4 is 29.2 Å². The largest absolute Gasteiger partial charge is 0.491 e. The predicted octanol–water partition coefficient (Wildman–Crippen LogP) is 2.47. The second-order valence-corrected chi connectivity index (χ2v) is 3.45. The fourth-order valence-electron chi connectivity index (χ4n) is 0.982. The minimum Gasteiger partial charge on any atom is -0.491 e. The predicted molar refractivity (Wildman–Crippen MR) is 56.1 cm³/mol. The second-order valence-electron chi connectivity index (χ2n) is 2.60. The Kier molecular flexibility index (Phi) is 4.05. The number of hydrogen-bond donors (Lipinski definition) is 1. The van der Waals surface area contributed by atoms with E-state index in [2.05, 4.69) is 0 Å². The lowest BCUT2D eigenvalue weighted by Crippen LogP contribution is -2.10. The first kappa shape index (κ1) is 11.9. The van der Waals surface area contributed by atoms with Crippen molar-refractivity contribution in [2.75, 3.05) is 13.7 Å². The molecule has 0 aliphatic heterocycles. The molecule has 0 spiro atoms. The van der Waals surface area contributed by atoms with Crippen molar-refractivity contribution < 1.29 is 19.4 Å². The van der Waals surface area contributed by atoms with E-state index in [1.54, 1.807) is 0 Å². The molecule has 0 amide bonds. The standard InChI is InChI=1S/C9H8Cl2O4/c1-14-9-6(11)2-5(10)3-7(9)15-4-8(12)13/h2-3H,4H2,1H3,(H,12,13). The van der Waals surface area contributed by atoms with Crippen LogP contribution in [-0.2, 0) is 4.79 Å². The van der Waals surface area contributed by atoms with Gasteiger partial charge >= 0.3 is 5.97 Å². The number of carbonyl (C=O) groups is 1. The molecule has 1 aromatic rings. The summed E-state index contributed by atoms with van der Waals surface area (Å²) in [6.07, 6.45) is 0. The Balaban J connectivity index is 2.98. The molecule has 0 atom stereocenters. The van der Waals surface area contributed by atoms with Gasteiger partial charge < -0.3 is 14.6 Å². The molecule has 6 heteroatoms. The van der Waals surface area contributed by atoms with E-state index in [0.717, 1.165) is 0 Å². The highest BCUT2D eigenvalue weighted by atomic mass is 35.5. The number of carboxylic acids is 1. The van der Waals surface area contributed by atoms with Gasteiger partial charge in [-0.2, -0.15) is 0 Å². The average Bonchev–Trinajstić information content (AvgIpc) is 2.13. The molecule has 0 heterocycles. The molecule has 0 radical (unpaired) electrons. The lowest BCUT2D eigenvalue weighted by Gasteiger charge is -2.10. The van der Waals surface area contributed by atoms with E-state index in [1.165, 1.54) is 19.2 Å². The van der Waals surface area contributed by atoms with E-state index >= 15 is 0 Å². The summed E-state index contributed by atoms with van der Waals surface area (Å²) in [7, 11) is 1.41. The Labute approximate surface area is 96.3 Å². The maximum Gasteiger partial charge on any atom is 0.341 e. The summed E-state index contributed by atoms with van der Waals surface area (Å²) in [5, 5.41) is 9.06. The monoisotopic (exact) mass is 250 g/mol. The van der Waals surface area contributed by atoms with Crippen LogP contribution in [0.25, 0.3) is 0 Å². The molecule has 4 nitrogen and oxygen atoms in total. The second kappa shape index (κ2) is 5.09. The van der Waals surface area contributed by atoms with E-state index in [-0.39, 0.29) is 16.5 Å². The minimum absolute atomic E-state index is 0.206. The van der Waals surface area contributed by atoms with E-state index < -0.39 is 12.6 Å². The van der Waals surface area contributed by atoms with Gasteiger partial charge in [-0.25, -0.2) is 4.79 Å². The van der Waals surface area contributed by atoms with Crippen molar-refractivity contribution in [2.45, 2.75) is 0 Å². The van der Waals surface area contributed by atoms with E-state index in [9.17, 15) is 4.79 Å². The Morgan fingerprint density at radius 3 is 2.67 bits per heavy atom. The number of benzene rings is 1. The summed E-state index contributed by atoms with van der Waals surface area (Å²) in [5.74, 6) is -0.618. The first-order valence-electron chi connectivity index (χ1n) is 3.92. The molecule has 15 heavy (non-hydrogen) atoms. The van der Waals surface area contributed by atoms with Crippen molar-refractivity contribution in [1.82, 2.24) is 0 Å². The topological polar surface area (TPSA) is 55.8 Å². The molecule has 0 aliphatic rings.